The van der Waals surface area contributed by atoms with Crippen LogP contribution in [0.25, 0.3) is 10.1 Å². The molecule has 1 N–H and O–H groups in total. The van der Waals surface area contributed by atoms with Crippen LogP contribution in [0.4, 0.5) is 0 Å². The second kappa shape index (κ2) is 8.61. The number of methoxy groups -OCH3 is 1. The molecule has 0 bridgehead atoms. The maximum atomic E-state index is 12.3. The molecular weight excluding hydrogens is 409 g/mol. The standard InChI is InChI=1S/C19H15Cl2NO4S/c1-25-14-7-6-12(20)8-11(14)10-26-16(23)9-22-19(24)18-17(21)13-4-2-3-5-15(13)27-18/h2-8H,9-10H2,1H3,(H,22,24). The summed E-state index contributed by atoms with van der Waals surface area (Å²) < 4.78 is 11.3. The molecule has 0 unspecified atom stereocenters. The first-order valence-corrected chi connectivity index (χ1v) is 9.50. The van der Waals surface area contributed by atoms with Crippen LogP contribution in [0.3, 0.4) is 0 Å². The van der Waals surface area contributed by atoms with Crippen molar-refractivity contribution >= 4 is 56.5 Å². The molecule has 2 aromatic carbocycles. The number of fused-ring (bicyclic) bond motifs is 1. The van der Waals surface area contributed by atoms with E-state index in [1.165, 1.54) is 18.4 Å². The summed E-state index contributed by atoms with van der Waals surface area (Å²) >= 11 is 13.5. The van der Waals surface area contributed by atoms with E-state index in [-0.39, 0.29) is 13.2 Å². The van der Waals surface area contributed by atoms with Crippen molar-refractivity contribution in [1.82, 2.24) is 5.32 Å². The Kier molecular flexibility index (Phi) is 6.21. The smallest absolute Gasteiger partial charge is 0.325 e. The molecule has 1 heterocycles. The van der Waals surface area contributed by atoms with Gasteiger partial charge >= 0.3 is 5.97 Å². The van der Waals surface area contributed by atoms with Gasteiger partial charge in [0.25, 0.3) is 5.91 Å². The zero-order chi connectivity index (χ0) is 19.4. The maximum Gasteiger partial charge on any atom is 0.325 e. The molecule has 0 fully saturated rings. The Bertz CT molecular complexity index is 1000. The third kappa shape index (κ3) is 4.53. The molecule has 1 amide bonds. The lowest BCUT2D eigenvalue weighted by molar-refractivity contribution is -0.143. The van der Waals surface area contributed by atoms with Crippen molar-refractivity contribution in [3.05, 3.63) is 63.0 Å². The van der Waals surface area contributed by atoms with Gasteiger partial charge in [-0.25, -0.2) is 0 Å². The molecule has 27 heavy (non-hydrogen) atoms. The van der Waals surface area contributed by atoms with Gasteiger partial charge in [0.15, 0.2) is 0 Å². The molecule has 0 aliphatic heterocycles. The summed E-state index contributed by atoms with van der Waals surface area (Å²) in [5.74, 6) is -0.436. The fraction of sp³-hybridized carbons (Fsp3) is 0.158. The summed E-state index contributed by atoms with van der Waals surface area (Å²) in [4.78, 5) is 24.6. The molecule has 140 valence electrons. The average molecular weight is 424 g/mol. The summed E-state index contributed by atoms with van der Waals surface area (Å²) in [5, 5.41) is 4.23. The molecule has 0 saturated heterocycles. The van der Waals surface area contributed by atoms with E-state index in [0.717, 1.165) is 10.1 Å². The summed E-state index contributed by atoms with van der Waals surface area (Å²) in [6.45, 7) is -0.283. The highest BCUT2D eigenvalue weighted by atomic mass is 35.5. The Morgan fingerprint density at radius 3 is 2.67 bits per heavy atom. The molecule has 0 radical (unpaired) electrons. The molecule has 8 heteroatoms. The third-order valence-corrected chi connectivity index (χ3v) is 5.67. The van der Waals surface area contributed by atoms with Crippen LogP contribution in [0.1, 0.15) is 15.2 Å². The van der Waals surface area contributed by atoms with Crippen molar-refractivity contribution in [3.63, 3.8) is 0 Å². The lowest BCUT2D eigenvalue weighted by Gasteiger charge is -2.10. The largest absolute Gasteiger partial charge is 0.496 e. The van der Waals surface area contributed by atoms with Gasteiger partial charge in [-0.15, -0.1) is 11.3 Å². The highest BCUT2D eigenvalue weighted by Gasteiger charge is 2.18. The second-order valence-electron chi connectivity index (χ2n) is 5.54. The molecule has 5 nitrogen and oxygen atoms in total. The molecule has 0 aliphatic carbocycles. The molecule has 0 spiro atoms. The first-order chi connectivity index (χ1) is 13.0. The van der Waals surface area contributed by atoms with Crippen LogP contribution in [0, 0.1) is 0 Å². The third-order valence-electron chi connectivity index (χ3n) is 3.77. The monoisotopic (exact) mass is 423 g/mol. The Morgan fingerprint density at radius 2 is 1.93 bits per heavy atom. The molecule has 3 aromatic rings. The van der Waals surface area contributed by atoms with E-state index in [0.29, 0.717) is 26.2 Å². The van der Waals surface area contributed by atoms with E-state index in [2.05, 4.69) is 5.32 Å². The van der Waals surface area contributed by atoms with E-state index in [1.807, 2.05) is 24.3 Å². The number of nitrogens with one attached hydrogen (secondary N) is 1. The first kappa shape index (κ1) is 19.5. The van der Waals surface area contributed by atoms with Gasteiger partial charge < -0.3 is 14.8 Å². The van der Waals surface area contributed by atoms with Crippen molar-refractivity contribution in [2.24, 2.45) is 0 Å². The van der Waals surface area contributed by atoms with Crippen LogP contribution in [0.15, 0.2) is 42.5 Å². The van der Waals surface area contributed by atoms with E-state index < -0.39 is 11.9 Å². The minimum Gasteiger partial charge on any atom is -0.496 e. The van der Waals surface area contributed by atoms with Crippen molar-refractivity contribution in [2.45, 2.75) is 6.61 Å². The SMILES string of the molecule is COc1ccc(Cl)cc1COC(=O)CNC(=O)c1sc2ccccc2c1Cl. The number of esters is 1. The zero-order valence-corrected chi connectivity index (χ0v) is 16.6. The Balaban J connectivity index is 1.58. The number of halogens is 2. The quantitative estimate of drug-likeness (QED) is 0.584. The number of rotatable bonds is 6. The van der Waals surface area contributed by atoms with Crippen molar-refractivity contribution < 1.29 is 19.1 Å². The number of amides is 1. The lowest BCUT2D eigenvalue weighted by atomic mass is 10.2. The number of benzene rings is 2. The Morgan fingerprint density at radius 1 is 1.15 bits per heavy atom. The van der Waals surface area contributed by atoms with Crippen molar-refractivity contribution in [1.29, 1.82) is 0 Å². The van der Waals surface area contributed by atoms with Gasteiger partial charge in [-0.3, -0.25) is 9.59 Å². The van der Waals surface area contributed by atoms with E-state index in [1.54, 1.807) is 18.2 Å². The van der Waals surface area contributed by atoms with Gasteiger partial charge in [0.2, 0.25) is 0 Å². The summed E-state index contributed by atoms with van der Waals surface area (Å²) in [7, 11) is 1.52. The average Bonchev–Trinajstić information content (AvgIpc) is 3.01. The summed E-state index contributed by atoms with van der Waals surface area (Å²) in [6, 6.07) is 12.5. The van der Waals surface area contributed by atoms with Crippen LogP contribution < -0.4 is 10.1 Å². The predicted octanol–water partition coefficient (Wildman–Crippen LogP) is 4.69. The Hall–Kier alpha value is -2.28. The molecule has 0 aliphatic rings. The molecule has 1 aromatic heterocycles. The van der Waals surface area contributed by atoms with Crippen LogP contribution in [-0.4, -0.2) is 25.5 Å². The normalized spacial score (nSPS) is 10.6. The number of hydrogen-bond donors (Lipinski definition) is 1. The molecule has 0 atom stereocenters. The minimum atomic E-state index is -0.581. The predicted molar refractivity (Wildman–Crippen MR) is 107 cm³/mol. The second-order valence-corrected chi connectivity index (χ2v) is 7.41. The van der Waals surface area contributed by atoms with Gasteiger partial charge in [-0.2, -0.15) is 0 Å². The topological polar surface area (TPSA) is 64.6 Å². The van der Waals surface area contributed by atoms with Crippen molar-refractivity contribution in [2.75, 3.05) is 13.7 Å². The Labute approximate surface area is 169 Å². The number of hydrogen-bond acceptors (Lipinski definition) is 5. The fourth-order valence-electron chi connectivity index (χ4n) is 2.46. The minimum absolute atomic E-state index is 0.0118. The van der Waals surface area contributed by atoms with Gasteiger partial charge in [0.05, 0.1) is 12.1 Å². The summed E-state index contributed by atoms with van der Waals surface area (Å²) in [5.41, 5.74) is 0.636. The number of carbonyl (C=O) groups excluding carboxylic acids is 2. The summed E-state index contributed by atoms with van der Waals surface area (Å²) in [6.07, 6.45) is 0. The molecular formula is C19H15Cl2NO4S. The van der Waals surface area contributed by atoms with Crippen LogP contribution in [-0.2, 0) is 16.1 Å². The van der Waals surface area contributed by atoms with E-state index >= 15 is 0 Å². The van der Waals surface area contributed by atoms with Gasteiger partial charge in [-0.05, 0) is 24.3 Å². The zero-order valence-electron chi connectivity index (χ0n) is 14.3. The van der Waals surface area contributed by atoms with Gasteiger partial charge in [0, 0.05) is 20.7 Å². The first-order valence-electron chi connectivity index (χ1n) is 7.93. The van der Waals surface area contributed by atoms with Crippen LogP contribution >= 0.6 is 34.5 Å². The highest BCUT2D eigenvalue weighted by Crippen LogP contribution is 2.34. The number of carbonyl (C=O) groups is 2. The molecule has 3 rings (SSSR count). The van der Waals surface area contributed by atoms with Crippen LogP contribution in [0.2, 0.25) is 10.0 Å². The van der Waals surface area contributed by atoms with Gasteiger partial charge in [-0.1, -0.05) is 41.4 Å². The number of thiophene rings is 1. The van der Waals surface area contributed by atoms with E-state index in [9.17, 15) is 9.59 Å². The van der Waals surface area contributed by atoms with Crippen LogP contribution in [0.5, 0.6) is 5.75 Å². The maximum absolute atomic E-state index is 12.3. The van der Waals surface area contributed by atoms with E-state index in [4.69, 9.17) is 32.7 Å². The highest BCUT2D eigenvalue weighted by molar-refractivity contribution is 7.21. The number of ether oxygens (including phenoxy) is 2. The van der Waals surface area contributed by atoms with Gasteiger partial charge in [0.1, 0.15) is 23.8 Å². The molecule has 0 saturated carbocycles. The fourth-order valence-corrected chi connectivity index (χ4v) is 4.09. The van der Waals surface area contributed by atoms with Crippen molar-refractivity contribution in [3.8, 4) is 5.75 Å². The lowest BCUT2D eigenvalue weighted by Crippen LogP contribution is -2.30.